The Hall–Kier alpha value is -2.79. The lowest BCUT2D eigenvalue weighted by atomic mass is 9.91. The predicted octanol–water partition coefficient (Wildman–Crippen LogP) is 4.61. The summed E-state index contributed by atoms with van der Waals surface area (Å²) in [5, 5.41) is 13.9. The van der Waals surface area contributed by atoms with Crippen molar-refractivity contribution in [3.63, 3.8) is 0 Å². The largest absolute Gasteiger partial charge is 0.497 e. The van der Waals surface area contributed by atoms with Crippen molar-refractivity contribution in [2.24, 2.45) is 0 Å². The second-order valence-corrected chi connectivity index (χ2v) is 9.51. The third-order valence-electron chi connectivity index (χ3n) is 5.78. The number of likely N-dealkylation sites (tertiary alicyclic amines) is 1. The molecule has 0 aromatic heterocycles. The van der Waals surface area contributed by atoms with E-state index in [1.807, 2.05) is 22.6 Å². The van der Waals surface area contributed by atoms with E-state index in [0.717, 1.165) is 11.8 Å². The van der Waals surface area contributed by atoms with Crippen molar-refractivity contribution in [2.45, 2.75) is 12.0 Å². The average molecular weight is 582 g/mol. The van der Waals surface area contributed by atoms with Crippen LogP contribution >= 0.6 is 22.6 Å². The molecule has 0 aliphatic carbocycles. The molecule has 1 saturated heterocycles. The zero-order valence-electron chi connectivity index (χ0n) is 18.2. The zero-order chi connectivity index (χ0) is 24.5. The quantitative estimate of drug-likeness (QED) is 0.400. The number of rotatable bonds is 7. The lowest BCUT2D eigenvalue weighted by Crippen LogP contribution is -2.66. The number of nitrogens with one attached hydrogen (secondary N) is 1. The molecule has 0 unspecified atom stereocenters. The maximum absolute atomic E-state index is 14.7. The highest BCUT2D eigenvalue weighted by atomic mass is 127. The van der Waals surface area contributed by atoms with Crippen LogP contribution in [0, 0.1) is 21.0 Å². The van der Waals surface area contributed by atoms with E-state index < -0.39 is 29.0 Å². The minimum Gasteiger partial charge on any atom is -0.497 e. The molecule has 0 bridgehead atoms. The Morgan fingerprint density at radius 1 is 1.09 bits per heavy atom. The third kappa shape index (κ3) is 5.15. The second-order valence-electron chi connectivity index (χ2n) is 8.27. The van der Waals surface area contributed by atoms with Crippen LogP contribution in [0.5, 0.6) is 5.75 Å². The van der Waals surface area contributed by atoms with E-state index in [1.165, 1.54) is 23.1 Å². The molecular weight excluding hydrogens is 560 g/mol. The number of anilines is 1. The summed E-state index contributed by atoms with van der Waals surface area (Å²) in [5.41, 5.74) is -0.501. The van der Waals surface area contributed by atoms with E-state index >= 15 is 0 Å². The molecule has 0 spiro atoms. The number of carbonyl (C=O) groups excluding carboxylic acids is 1. The maximum Gasteiger partial charge on any atom is 0.254 e. The number of ether oxygens (including phenoxy) is 1. The Morgan fingerprint density at radius 2 is 1.79 bits per heavy atom. The first kappa shape index (κ1) is 24.3. The van der Waals surface area contributed by atoms with Gasteiger partial charge in [0.15, 0.2) is 11.6 Å². The Labute approximate surface area is 208 Å². The smallest absolute Gasteiger partial charge is 0.254 e. The number of hydrogen-bond acceptors (Lipinski definition) is 4. The minimum absolute atomic E-state index is 0.0192. The normalized spacial score (nSPS) is 14.5. The summed E-state index contributed by atoms with van der Waals surface area (Å²) in [6, 6.07) is 13.7. The Bertz CT molecular complexity index is 1210. The van der Waals surface area contributed by atoms with Gasteiger partial charge in [0.05, 0.1) is 20.2 Å². The van der Waals surface area contributed by atoms with Crippen molar-refractivity contribution in [1.82, 2.24) is 4.90 Å². The Balaban J connectivity index is 1.46. The number of halogens is 4. The van der Waals surface area contributed by atoms with Gasteiger partial charge in [-0.05, 0) is 76.7 Å². The molecule has 1 heterocycles. The monoisotopic (exact) mass is 582 g/mol. The van der Waals surface area contributed by atoms with Crippen molar-refractivity contribution in [3.05, 3.63) is 92.3 Å². The van der Waals surface area contributed by atoms with Gasteiger partial charge >= 0.3 is 0 Å². The zero-order valence-corrected chi connectivity index (χ0v) is 20.4. The van der Waals surface area contributed by atoms with Crippen LogP contribution in [0.3, 0.4) is 0 Å². The van der Waals surface area contributed by atoms with Gasteiger partial charge < -0.3 is 20.1 Å². The standard InChI is InChI=1S/C25H22F3IN2O3/c1-34-18-6-4-17(5-7-18)30-12-25(33)13-31(14-25)24(32)19-8-9-21(26)23(28)20(19)10-15-2-3-16(29)11-22(15)27/h2-9,11,30,33H,10,12-14H2,1H3. The maximum atomic E-state index is 14.7. The SMILES string of the molecule is COc1ccc(NCC2(O)CN(C(=O)c3ccc(F)c(F)c3Cc3ccc(I)cc3F)C2)cc1. The van der Waals surface area contributed by atoms with Crippen LogP contribution in [-0.2, 0) is 6.42 Å². The predicted molar refractivity (Wildman–Crippen MR) is 131 cm³/mol. The van der Waals surface area contributed by atoms with Gasteiger partial charge in [0.1, 0.15) is 17.2 Å². The lowest BCUT2D eigenvalue weighted by Gasteiger charge is -2.46. The summed E-state index contributed by atoms with van der Waals surface area (Å²) in [7, 11) is 1.57. The molecular formula is C25H22F3IN2O3. The third-order valence-corrected chi connectivity index (χ3v) is 6.45. The molecule has 1 amide bonds. The summed E-state index contributed by atoms with van der Waals surface area (Å²) in [6.07, 6.45) is -0.273. The van der Waals surface area contributed by atoms with E-state index in [4.69, 9.17) is 4.74 Å². The van der Waals surface area contributed by atoms with Crippen LogP contribution in [0.25, 0.3) is 0 Å². The molecule has 0 atom stereocenters. The summed E-state index contributed by atoms with van der Waals surface area (Å²) in [6.45, 7) is 0.234. The van der Waals surface area contributed by atoms with E-state index in [0.29, 0.717) is 9.32 Å². The first-order chi connectivity index (χ1) is 16.2. The summed E-state index contributed by atoms with van der Waals surface area (Å²) in [4.78, 5) is 14.4. The van der Waals surface area contributed by atoms with Gasteiger partial charge in [0.25, 0.3) is 5.91 Å². The molecule has 1 aliphatic heterocycles. The van der Waals surface area contributed by atoms with Crippen molar-refractivity contribution >= 4 is 34.2 Å². The highest BCUT2D eigenvalue weighted by Crippen LogP contribution is 2.28. The van der Waals surface area contributed by atoms with Gasteiger partial charge in [-0.1, -0.05) is 6.07 Å². The van der Waals surface area contributed by atoms with Crippen molar-refractivity contribution in [2.75, 3.05) is 32.1 Å². The summed E-state index contributed by atoms with van der Waals surface area (Å²) >= 11 is 1.95. The van der Waals surface area contributed by atoms with Crippen LogP contribution < -0.4 is 10.1 Å². The van der Waals surface area contributed by atoms with Gasteiger partial charge in [-0.3, -0.25) is 4.79 Å². The van der Waals surface area contributed by atoms with Crippen LogP contribution in [-0.4, -0.2) is 48.3 Å². The Morgan fingerprint density at radius 3 is 2.44 bits per heavy atom. The van der Waals surface area contributed by atoms with Crippen LogP contribution in [0.4, 0.5) is 18.9 Å². The highest BCUT2D eigenvalue weighted by molar-refractivity contribution is 14.1. The molecule has 0 radical (unpaired) electrons. The van der Waals surface area contributed by atoms with Crippen molar-refractivity contribution in [3.8, 4) is 5.75 Å². The number of carbonyl (C=O) groups is 1. The lowest BCUT2D eigenvalue weighted by molar-refractivity contribution is -0.0707. The number of nitrogens with zero attached hydrogens (tertiary/aromatic N) is 1. The van der Waals surface area contributed by atoms with Gasteiger partial charge in [-0.2, -0.15) is 0 Å². The van der Waals surface area contributed by atoms with Gasteiger partial charge in [-0.15, -0.1) is 0 Å². The first-order valence-corrected chi connectivity index (χ1v) is 11.6. The first-order valence-electron chi connectivity index (χ1n) is 10.5. The molecule has 4 rings (SSSR count). The fourth-order valence-corrected chi connectivity index (χ4v) is 4.34. The van der Waals surface area contributed by atoms with E-state index in [9.17, 15) is 23.1 Å². The van der Waals surface area contributed by atoms with Crippen LogP contribution in [0.15, 0.2) is 54.6 Å². The summed E-state index contributed by atoms with van der Waals surface area (Å²) in [5.74, 6) is -2.69. The van der Waals surface area contributed by atoms with Crippen LogP contribution in [0.1, 0.15) is 21.5 Å². The molecule has 1 fully saturated rings. The molecule has 1 aliphatic rings. The topological polar surface area (TPSA) is 61.8 Å². The molecule has 9 heteroatoms. The number of hydrogen-bond donors (Lipinski definition) is 2. The number of aliphatic hydroxyl groups is 1. The van der Waals surface area contributed by atoms with Crippen LogP contribution in [0.2, 0.25) is 0 Å². The van der Waals surface area contributed by atoms with E-state index in [-0.39, 0.29) is 42.7 Å². The number of methoxy groups -OCH3 is 1. The van der Waals surface area contributed by atoms with Gasteiger partial charge in [0.2, 0.25) is 0 Å². The van der Waals surface area contributed by atoms with E-state index in [1.54, 1.807) is 37.4 Å². The number of β-amino-alcohol motifs (C(OH)–C–C–N with tert-alkyl or cyclic N) is 1. The summed E-state index contributed by atoms with van der Waals surface area (Å²) < 4.78 is 48.8. The molecule has 0 saturated carbocycles. The van der Waals surface area contributed by atoms with Crippen molar-refractivity contribution in [1.29, 1.82) is 0 Å². The fraction of sp³-hybridized carbons (Fsp3) is 0.240. The highest BCUT2D eigenvalue weighted by Gasteiger charge is 2.44. The fourth-order valence-electron chi connectivity index (χ4n) is 3.89. The molecule has 5 nitrogen and oxygen atoms in total. The average Bonchev–Trinajstić information content (AvgIpc) is 2.80. The Kier molecular flexibility index (Phi) is 7.04. The molecule has 3 aromatic rings. The second kappa shape index (κ2) is 9.83. The molecule has 34 heavy (non-hydrogen) atoms. The minimum atomic E-state index is -1.18. The molecule has 178 valence electrons. The van der Waals surface area contributed by atoms with E-state index in [2.05, 4.69) is 5.32 Å². The number of amides is 1. The van der Waals surface area contributed by atoms with Gasteiger partial charge in [0, 0.05) is 33.4 Å². The van der Waals surface area contributed by atoms with Crippen molar-refractivity contribution < 1.29 is 27.8 Å². The molecule has 3 aromatic carbocycles. The molecule has 2 N–H and O–H groups in total. The van der Waals surface area contributed by atoms with Gasteiger partial charge in [-0.25, -0.2) is 13.2 Å². The number of benzene rings is 3.